The van der Waals surface area contributed by atoms with Gasteiger partial charge in [0.25, 0.3) is 0 Å². The Bertz CT molecular complexity index is 402. The van der Waals surface area contributed by atoms with Gasteiger partial charge in [0, 0.05) is 19.3 Å². The van der Waals surface area contributed by atoms with Gasteiger partial charge in [-0.1, -0.05) is 6.07 Å². The van der Waals surface area contributed by atoms with Crippen LogP contribution in [0.1, 0.15) is 30.9 Å². The highest BCUT2D eigenvalue weighted by atomic mass is 16.5. The number of hydrogen-bond donors (Lipinski definition) is 1. The van der Waals surface area contributed by atoms with Crippen molar-refractivity contribution in [2.75, 3.05) is 27.4 Å². The molecule has 4 heteroatoms. The van der Waals surface area contributed by atoms with Crippen LogP contribution in [-0.4, -0.2) is 27.4 Å². The van der Waals surface area contributed by atoms with E-state index in [1.54, 1.807) is 14.2 Å². The van der Waals surface area contributed by atoms with Crippen LogP contribution in [0.15, 0.2) is 18.2 Å². The molecule has 0 spiro atoms. The second kappa shape index (κ2) is 6.78. The average molecular weight is 265 g/mol. The highest BCUT2D eigenvalue weighted by Gasteiger charge is 2.19. The maximum Gasteiger partial charge on any atom is 0.161 e. The summed E-state index contributed by atoms with van der Waals surface area (Å²) in [6, 6.07) is 5.95. The number of ether oxygens (including phenoxy) is 3. The molecule has 1 aliphatic rings. The van der Waals surface area contributed by atoms with E-state index in [4.69, 9.17) is 19.9 Å². The molecule has 2 N–H and O–H groups in total. The van der Waals surface area contributed by atoms with Crippen LogP contribution in [0.5, 0.6) is 11.5 Å². The van der Waals surface area contributed by atoms with Crippen molar-refractivity contribution in [1.29, 1.82) is 0 Å². The summed E-state index contributed by atoms with van der Waals surface area (Å²) in [7, 11) is 3.28. The molecule has 1 heterocycles. The van der Waals surface area contributed by atoms with Crippen molar-refractivity contribution in [3.63, 3.8) is 0 Å². The van der Waals surface area contributed by atoms with Gasteiger partial charge in [0.05, 0.1) is 14.2 Å². The Labute approximate surface area is 114 Å². The standard InChI is InChI=1S/C15H23NO3/c1-17-14-4-3-12(10-15(14)18-2)13(16)9-11-5-7-19-8-6-11/h3-4,10-11,13H,5-9,16H2,1-2H3. The van der Waals surface area contributed by atoms with Crippen molar-refractivity contribution in [2.24, 2.45) is 11.7 Å². The van der Waals surface area contributed by atoms with Gasteiger partial charge in [-0.15, -0.1) is 0 Å². The average Bonchev–Trinajstić information content (AvgIpc) is 2.47. The van der Waals surface area contributed by atoms with E-state index in [-0.39, 0.29) is 6.04 Å². The van der Waals surface area contributed by atoms with Crippen LogP contribution in [0, 0.1) is 5.92 Å². The second-order valence-electron chi connectivity index (χ2n) is 5.01. The molecule has 1 atom stereocenters. The maximum atomic E-state index is 6.30. The molecule has 19 heavy (non-hydrogen) atoms. The fourth-order valence-corrected chi connectivity index (χ4v) is 2.56. The van der Waals surface area contributed by atoms with Gasteiger partial charge in [0.2, 0.25) is 0 Å². The van der Waals surface area contributed by atoms with Crippen molar-refractivity contribution >= 4 is 0 Å². The van der Waals surface area contributed by atoms with Crippen LogP contribution in [0.2, 0.25) is 0 Å². The largest absolute Gasteiger partial charge is 0.493 e. The highest BCUT2D eigenvalue weighted by Crippen LogP contribution is 2.32. The maximum absolute atomic E-state index is 6.30. The van der Waals surface area contributed by atoms with Crippen LogP contribution in [-0.2, 0) is 4.74 Å². The Kier molecular flexibility index (Phi) is 5.05. The predicted molar refractivity (Wildman–Crippen MR) is 74.6 cm³/mol. The van der Waals surface area contributed by atoms with Crippen molar-refractivity contribution in [2.45, 2.75) is 25.3 Å². The van der Waals surface area contributed by atoms with Gasteiger partial charge in [0.15, 0.2) is 11.5 Å². The third-order valence-electron chi connectivity index (χ3n) is 3.76. The molecule has 1 aliphatic heterocycles. The molecule has 1 saturated heterocycles. The van der Waals surface area contributed by atoms with Crippen LogP contribution >= 0.6 is 0 Å². The fourth-order valence-electron chi connectivity index (χ4n) is 2.56. The smallest absolute Gasteiger partial charge is 0.161 e. The lowest BCUT2D eigenvalue weighted by Gasteiger charge is -2.25. The number of rotatable bonds is 5. The predicted octanol–water partition coefficient (Wildman–Crippen LogP) is 2.52. The van der Waals surface area contributed by atoms with E-state index in [1.165, 1.54) is 0 Å². The molecule has 106 valence electrons. The van der Waals surface area contributed by atoms with E-state index in [1.807, 2.05) is 18.2 Å². The van der Waals surface area contributed by atoms with E-state index < -0.39 is 0 Å². The van der Waals surface area contributed by atoms with Crippen molar-refractivity contribution < 1.29 is 14.2 Å². The summed E-state index contributed by atoms with van der Waals surface area (Å²) in [6.45, 7) is 1.73. The first-order valence-electron chi connectivity index (χ1n) is 6.80. The highest BCUT2D eigenvalue weighted by molar-refractivity contribution is 5.43. The summed E-state index contributed by atoms with van der Waals surface area (Å²) in [5.41, 5.74) is 7.40. The Balaban J connectivity index is 2.03. The zero-order chi connectivity index (χ0) is 13.7. The van der Waals surface area contributed by atoms with Crippen LogP contribution in [0.25, 0.3) is 0 Å². The van der Waals surface area contributed by atoms with Gasteiger partial charge >= 0.3 is 0 Å². The molecule has 0 aliphatic carbocycles. The van der Waals surface area contributed by atoms with E-state index in [0.717, 1.165) is 49.5 Å². The van der Waals surface area contributed by atoms with E-state index in [9.17, 15) is 0 Å². The number of nitrogens with two attached hydrogens (primary N) is 1. The molecule has 0 amide bonds. The third-order valence-corrected chi connectivity index (χ3v) is 3.76. The lowest BCUT2D eigenvalue weighted by atomic mass is 9.90. The molecule has 1 unspecified atom stereocenters. The van der Waals surface area contributed by atoms with Crippen LogP contribution in [0.3, 0.4) is 0 Å². The zero-order valence-corrected chi connectivity index (χ0v) is 11.7. The van der Waals surface area contributed by atoms with Crippen molar-refractivity contribution in [3.05, 3.63) is 23.8 Å². The summed E-state index contributed by atoms with van der Waals surface area (Å²) < 4.78 is 15.9. The van der Waals surface area contributed by atoms with Gasteiger partial charge in [-0.2, -0.15) is 0 Å². The topological polar surface area (TPSA) is 53.7 Å². The molecule has 4 nitrogen and oxygen atoms in total. The van der Waals surface area contributed by atoms with Crippen LogP contribution < -0.4 is 15.2 Å². The molecule has 0 radical (unpaired) electrons. The molecule has 1 aromatic carbocycles. The lowest BCUT2D eigenvalue weighted by molar-refractivity contribution is 0.0618. The second-order valence-corrected chi connectivity index (χ2v) is 5.01. The minimum atomic E-state index is 0.0444. The molecule has 2 rings (SSSR count). The van der Waals surface area contributed by atoms with E-state index >= 15 is 0 Å². The lowest BCUT2D eigenvalue weighted by Crippen LogP contribution is -2.21. The summed E-state index contributed by atoms with van der Waals surface area (Å²) >= 11 is 0. The van der Waals surface area contributed by atoms with Crippen molar-refractivity contribution in [1.82, 2.24) is 0 Å². The minimum Gasteiger partial charge on any atom is -0.493 e. The quantitative estimate of drug-likeness (QED) is 0.889. The van der Waals surface area contributed by atoms with Gasteiger partial charge in [0.1, 0.15) is 0 Å². The summed E-state index contributed by atoms with van der Waals surface area (Å²) in [5.74, 6) is 2.14. The van der Waals surface area contributed by atoms with Crippen LogP contribution in [0.4, 0.5) is 0 Å². The SMILES string of the molecule is COc1ccc(C(N)CC2CCOCC2)cc1OC. The van der Waals surface area contributed by atoms with E-state index in [0.29, 0.717) is 5.92 Å². The minimum absolute atomic E-state index is 0.0444. The molecular weight excluding hydrogens is 242 g/mol. The summed E-state index contributed by atoms with van der Waals surface area (Å²) in [5, 5.41) is 0. The number of benzene rings is 1. The van der Waals surface area contributed by atoms with Gasteiger partial charge in [-0.05, 0) is 42.9 Å². The summed E-state index contributed by atoms with van der Waals surface area (Å²) in [6.07, 6.45) is 3.22. The first-order valence-corrected chi connectivity index (χ1v) is 6.80. The first kappa shape index (κ1) is 14.2. The molecular formula is C15H23NO3. The Hall–Kier alpha value is -1.26. The number of hydrogen-bond acceptors (Lipinski definition) is 4. The van der Waals surface area contributed by atoms with E-state index in [2.05, 4.69) is 0 Å². The Morgan fingerprint density at radius 1 is 1.21 bits per heavy atom. The van der Waals surface area contributed by atoms with Crippen molar-refractivity contribution in [3.8, 4) is 11.5 Å². The fraction of sp³-hybridized carbons (Fsp3) is 0.600. The molecule has 0 aromatic heterocycles. The van der Waals surface area contributed by atoms with Gasteiger partial charge < -0.3 is 19.9 Å². The Morgan fingerprint density at radius 2 is 1.89 bits per heavy atom. The molecule has 1 aromatic rings. The molecule has 0 bridgehead atoms. The molecule has 1 fully saturated rings. The van der Waals surface area contributed by atoms with Gasteiger partial charge in [-0.25, -0.2) is 0 Å². The monoisotopic (exact) mass is 265 g/mol. The zero-order valence-electron chi connectivity index (χ0n) is 11.7. The number of methoxy groups -OCH3 is 2. The summed E-state index contributed by atoms with van der Waals surface area (Å²) in [4.78, 5) is 0. The normalized spacial score (nSPS) is 18.1. The first-order chi connectivity index (χ1) is 9.24. The van der Waals surface area contributed by atoms with Gasteiger partial charge in [-0.3, -0.25) is 0 Å². The third kappa shape index (κ3) is 3.61. The Morgan fingerprint density at radius 3 is 2.53 bits per heavy atom. The molecule has 0 saturated carbocycles.